The number of aromatic nitrogens is 2. The number of hydrogen-bond acceptors (Lipinski definition) is 4. The molecule has 4 rings (SSSR count). The number of aliphatic carboxylic acids is 1. The molecule has 0 fully saturated rings. The van der Waals surface area contributed by atoms with Gasteiger partial charge < -0.3 is 10.0 Å². The number of nitrogens with zero attached hydrogens (tertiary/aromatic N) is 3. The van der Waals surface area contributed by atoms with E-state index < -0.39 is 5.97 Å². The molecular weight excluding hydrogens is 338 g/mol. The largest absolute Gasteiger partial charge is 0.481 e. The number of carboxylic acids is 1. The van der Waals surface area contributed by atoms with Crippen LogP contribution in [0, 0.1) is 6.92 Å². The Morgan fingerprint density at radius 1 is 1.36 bits per heavy atom. The number of hydrogen-bond donors (Lipinski definition) is 1. The summed E-state index contributed by atoms with van der Waals surface area (Å²) < 4.78 is 1.97. The van der Waals surface area contributed by atoms with Crippen molar-refractivity contribution in [2.75, 3.05) is 11.4 Å². The van der Waals surface area contributed by atoms with E-state index in [1.165, 1.54) is 0 Å². The standard InChI is InChI=1S/C18H17N3O3S/c1-10-17(21-9-14(8-16(23)24)19-18(21)25-10)13-3-4-15-12(7-13)5-6-20(15)11(2)22/h3-4,7,9H,5-6,8H2,1-2H3,(H,23,24). The summed E-state index contributed by atoms with van der Waals surface area (Å²) in [6, 6.07) is 6.15. The molecule has 6 nitrogen and oxygen atoms in total. The highest BCUT2D eigenvalue weighted by atomic mass is 32.1. The van der Waals surface area contributed by atoms with Crippen LogP contribution in [0.2, 0.25) is 0 Å². The first-order valence-electron chi connectivity index (χ1n) is 8.04. The Bertz CT molecular complexity index is 1020. The van der Waals surface area contributed by atoms with Gasteiger partial charge in [-0.3, -0.25) is 14.0 Å². The first kappa shape index (κ1) is 15.8. The summed E-state index contributed by atoms with van der Waals surface area (Å²) in [6.45, 7) is 4.35. The van der Waals surface area contributed by atoms with Gasteiger partial charge in [0.05, 0.1) is 17.8 Å². The Morgan fingerprint density at radius 3 is 2.88 bits per heavy atom. The van der Waals surface area contributed by atoms with E-state index in [1.54, 1.807) is 29.4 Å². The zero-order chi connectivity index (χ0) is 17.7. The number of carbonyl (C=O) groups excluding carboxylic acids is 1. The van der Waals surface area contributed by atoms with Gasteiger partial charge in [-0.25, -0.2) is 4.98 Å². The van der Waals surface area contributed by atoms with E-state index >= 15 is 0 Å². The number of imidazole rings is 1. The first-order chi connectivity index (χ1) is 11.9. The number of carbonyl (C=O) groups is 2. The minimum atomic E-state index is -0.883. The molecule has 0 saturated heterocycles. The van der Waals surface area contributed by atoms with Crippen molar-refractivity contribution < 1.29 is 14.7 Å². The van der Waals surface area contributed by atoms with Crippen molar-refractivity contribution in [1.29, 1.82) is 0 Å². The lowest BCUT2D eigenvalue weighted by atomic mass is 10.1. The number of amides is 1. The molecule has 0 unspecified atom stereocenters. The monoisotopic (exact) mass is 355 g/mol. The van der Waals surface area contributed by atoms with Crippen LogP contribution in [0.5, 0.6) is 0 Å². The van der Waals surface area contributed by atoms with Gasteiger partial charge in [0.1, 0.15) is 0 Å². The average molecular weight is 355 g/mol. The maximum Gasteiger partial charge on any atom is 0.309 e. The van der Waals surface area contributed by atoms with Crippen LogP contribution < -0.4 is 4.90 Å². The molecule has 0 aliphatic carbocycles. The third-order valence-corrected chi connectivity index (χ3v) is 5.47. The van der Waals surface area contributed by atoms with Gasteiger partial charge in [-0.05, 0) is 31.0 Å². The summed E-state index contributed by atoms with van der Waals surface area (Å²) in [7, 11) is 0. The molecule has 3 aromatic rings. The molecule has 1 N–H and O–H groups in total. The van der Waals surface area contributed by atoms with Gasteiger partial charge >= 0.3 is 5.97 Å². The zero-order valence-electron chi connectivity index (χ0n) is 13.9. The van der Waals surface area contributed by atoms with Gasteiger partial charge in [0.2, 0.25) is 5.91 Å². The van der Waals surface area contributed by atoms with E-state index in [-0.39, 0.29) is 12.3 Å². The SMILES string of the molecule is CC(=O)N1CCc2cc(-c3c(C)sc4nc(CC(=O)O)cn34)ccc21. The first-order valence-corrected chi connectivity index (χ1v) is 8.86. The molecule has 25 heavy (non-hydrogen) atoms. The van der Waals surface area contributed by atoms with Gasteiger partial charge in [0.15, 0.2) is 4.96 Å². The number of rotatable bonds is 3. The second kappa shape index (κ2) is 5.70. The maximum atomic E-state index is 11.7. The Balaban J connectivity index is 1.79. The zero-order valence-corrected chi connectivity index (χ0v) is 14.8. The number of anilines is 1. The summed E-state index contributed by atoms with van der Waals surface area (Å²) in [5.41, 5.74) is 4.80. The van der Waals surface area contributed by atoms with Crippen molar-refractivity contribution in [1.82, 2.24) is 9.38 Å². The maximum absolute atomic E-state index is 11.7. The molecule has 0 saturated carbocycles. The lowest BCUT2D eigenvalue weighted by Crippen LogP contribution is -2.25. The van der Waals surface area contributed by atoms with E-state index in [1.807, 2.05) is 23.5 Å². The smallest absolute Gasteiger partial charge is 0.309 e. The summed E-state index contributed by atoms with van der Waals surface area (Å²) in [5.74, 6) is -0.820. The van der Waals surface area contributed by atoms with Crippen molar-refractivity contribution in [3.63, 3.8) is 0 Å². The molecule has 1 aromatic carbocycles. The number of aryl methyl sites for hydroxylation is 1. The quantitative estimate of drug-likeness (QED) is 0.784. The van der Waals surface area contributed by atoms with Crippen LogP contribution in [0.3, 0.4) is 0 Å². The van der Waals surface area contributed by atoms with Crippen LogP contribution in [0.1, 0.15) is 23.1 Å². The minimum Gasteiger partial charge on any atom is -0.481 e. The number of thiazole rings is 1. The number of carboxylic acid groups (broad SMARTS) is 1. The molecule has 1 aliphatic heterocycles. The number of benzene rings is 1. The van der Waals surface area contributed by atoms with Crippen molar-refractivity contribution in [3.05, 3.63) is 40.5 Å². The van der Waals surface area contributed by atoms with Crippen LogP contribution >= 0.6 is 11.3 Å². The predicted molar refractivity (Wildman–Crippen MR) is 96.3 cm³/mol. The predicted octanol–water partition coefficient (Wildman–Crippen LogP) is 2.91. The molecule has 0 atom stereocenters. The highest BCUT2D eigenvalue weighted by Gasteiger charge is 2.23. The number of fused-ring (bicyclic) bond motifs is 2. The van der Waals surface area contributed by atoms with Crippen molar-refractivity contribution in [3.8, 4) is 11.3 Å². The molecular formula is C18H17N3O3S. The van der Waals surface area contributed by atoms with Crippen LogP contribution in [0.15, 0.2) is 24.4 Å². The van der Waals surface area contributed by atoms with Gasteiger partial charge in [0, 0.05) is 35.8 Å². The fourth-order valence-corrected chi connectivity index (χ4v) is 4.45. The van der Waals surface area contributed by atoms with Gasteiger partial charge in [-0.2, -0.15) is 0 Å². The topological polar surface area (TPSA) is 74.9 Å². The highest BCUT2D eigenvalue weighted by molar-refractivity contribution is 7.17. The van der Waals surface area contributed by atoms with Crippen molar-refractivity contribution in [2.45, 2.75) is 26.7 Å². The summed E-state index contributed by atoms with van der Waals surface area (Å²) >= 11 is 1.55. The molecule has 1 aliphatic rings. The van der Waals surface area contributed by atoms with Crippen LogP contribution in [0.25, 0.3) is 16.2 Å². The Labute approximate surface area is 148 Å². The molecule has 0 spiro atoms. The Hall–Kier alpha value is -2.67. The molecule has 0 bridgehead atoms. The minimum absolute atomic E-state index is 0.0635. The van der Waals surface area contributed by atoms with Crippen molar-refractivity contribution in [2.24, 2.45) is 0 Å². The summed E-state index contributed by atoms with van der Waals surface area (Å²) in [5, 5.41) is 8.97. The summed E-state index contributed by atoms with van der Waals surface area (Å²) in [4.78, 5) is 30.8. The van der Waals surface area contributed by atoms with Gasteiger partial charge in [-0.1, -0.05) is 6.07 Å². The fraction of sp³-hybridized carbons (Fsp3) is 0.278. The fourth-order valence-electron chi connectivity index (χ4n) is 3.46. The van der Waals surface area contributed by atoms with Crippen LogP contribution in [-0.4, -0.2) is 32.9 Å². The lowest BCUT2D eigenvalue weighted by molar-refractivity contribution is -0.136. The molecule has 3 heterocycles. The third kappa shape index (κ3) is 2.60. The lowest BCUT2D eigenvalue weighted by Gasteiger charge is -2.15. The Morgan fingerprint density at radius 2 is 2.16 bits per heavy atom. The van der Waals surface area contributed by atoms with Gasteiger partial charge in [0.25, 0.3) is 0 Å². The normalized spacial score (nSPS) is 13.4. The van der Waals surface area contributed by atoms with E-state index in [4.69, 9.17) is 5.11 Å². The molecule has 2 aromatic heterocycles. The molecule has 128 valence electrons. The molecule has 0 radical (unpaired) electrons. The van der Waals surface area contributed by atoms with E-state index in [2.05, 4.69) is 11.1 Å². The van der Waals surface area contributed by atoms with E-state index in [0.29, 0.717) is 5.69 Å². The van der Waals surface area contributed by atoms with E-state index in [9.17, 15) is 9.59 Å². The molecule has 1 amide bonds. The van der Waals surface area contributed by atoms with Gasteiger partial charge in [-0.15, -0.1) is 11.3 Å². The second-order valence-electron chi connectivity index (χ2n) is 6.23. The highest BCUT2D eigenvalue weighted by Crippen LogP contribution is 2.36. The third-order valence-electron chi connectivity index (χ3n) is 4.50. The van der Waals surface area contributed by atoms with Crippen LogP contribution in [0.4, 0.5) is 5.69 Å². The average Bonchev–Trinajstić information content (AvgIpc) is 3.17. The van der Waals surface area contributed by atoms with Crippen molar-refractivity contribution >= 4 is 33.9 Å². The summed E-state index contributed by atoms with van der Waals surface area (Å²) in [6.07, 6.45) is 2.57. The Kier molecular flexibility index (Phi) is 3.61. The second-order valence-corrected chi connectivity index (χ2v) is 7.41. The molecule has 7 heteroatoms. The van der Waals surface area contributed by atoms with Crippen LogP contribution in [-0.2, 0) is 22.4 Å². The van der Waals surface area contributed by atoms with E-state index in [0.717, 1.165) is 45.3 Å².